The van der Waals surface area contributed by atoms with E-state index in [1.165, 1.54) is 0 Å². The van der Waals surface area contributed by atoms with E-state index in [2.05, 4.69) is 25.6 Å². The topological polar surface area (TPSA) is 108 Å². The van der Waals surface area contributed by atoms with Gasteiger partial charge < -0.3 is 10.3 Å². The van der Waals surface area contributed by atoms with Crippen LogP contribution in [0.2, 0.25) is 0 Å². The molecule has 3 N–H and O–H groups in total. The average Bonchev–Trinajstić information content (AvgIpc) is 3.18. The summed E-state index contributed by atoms with van der Waals surface area (Å²) in [6.45, 7) is 3.82. The molecule has 8 heteroatoms. The van der Waals surface area contributed by atoms with Gasteiger partial charge in [-0.3, -0.25) is 19.4 Å². The minimum absolute atomic E-state index is 0.139. The molecule has 3 heterocycles. The van der Waals surface area contributed by atoms with Gasteiger partial charge in [-0.25, -0.2) is 0 Å². The highest BCUT2D eigenvalue weighted by Gasteiger charge is 2.16. The molecule has 8 nitrogen and oxygen atoms in total. The van der Waals surface area contributed by atoms with E-state index in [1.807, 2.05) is 32.0 Å². The number of nitrogens with one attached hydrogen (secondary N) is 3. The molecule has 1 amide bonds. The summed E-state index contributed by atoms with van der Waals surface area (Å²) in [4.78, 5) is 27.7. The number of hydrogen-bond donors (Lipinski definition) is 3. The molecule has 0 bridgehead atoms. The molecule has 0 aliphatic carbocycles. The molecule has 0 saturated heterocycles. The van der Waals surface area contributed by atoms with Crippen LogP contribution in [0.3, 0.4) is 0 Å². The first-order valence-electron chi connectivity index (χ1n) is 8.72. The molecule has 4 aromatic rings. The monoisotopic (exact) mass is 364 g/mol. The van der Waals surface area contributed by atoms with Gasteiger partial charge in [0.25, 0.3) is 5.56 Å². The predicted molar refractivity (Wildman–Crippen MR) is 104 cm³/mol. The van der Waals surface area contributed by atoms with E-state index >= 15 is 0 Å². The van der Waals surface area contributed by atoms with Gasteiger partial charge in [-0.15, -0.1) is 0 Å². The third kappa shape index (κ3) is 2.99. The molecule has 4 rings (SSSR count). The summed E-state index contributed by atoms with van der Waals surface area (Å²) in [6, 6.07) is 5.55. The lowest BCUT2D eigenvalue weighted by molar-refractivity contribution is -0.116. The van der Waals surface area contributed by atoms with Crippen LogP contribution in [-0.2, 0) is 18.3 Å². The fourth-order valence-corrected chi connectivity index (χ4v) is 3.54. The standard InChI is InChI=1S/C19H20N6O2/c1-10-14(19(27)22-18-17(10)11(2)24-25(18)3)5-7-16(26)21-13-4-6-15-12(8-13)9-20-23-15/h4,6,8-9H,5,7H2,1-3H3,(H,20,23)(H,21,26)(H,22,27). The molecule has 27 heavy (non-hydrogen) atoms. The molecular weight excluding hydrogens is 344 g/mol. The van der Waals surface area contributed by atoms with Crippen molar-refractivity contribution in [3.8, 4) is 0 Å². The summed E-state index contributed by atoms with van der Waals surface area (Å²) < 4.78 is 1.67. The second-order valence-electron chi connectivity index (χ2n) is 6.71. The Morgan fingerprint density at radius 2 is 2.11 bits per heavy atom. The van der Waals surface area contributed by atoms with Crippen molar-refractivity contribution < 1.29 is 4.79 Å². The Kier molecular flexibility index (Phi) is 4.02. The Labute approximate surface area is 154 Å². The van der Waals surface area contributed by atoms with Crippen LogP contribution in [0.4, 0.5) is 5.69 Å². The van der Waals surface area contributed by atoms with Crippen LogP contribution in [0.15, 0.2) is 29.2 Å². The van der Waals surface area contributed by atoms with Gasteiger partial charge in [0.15, 0.2) is 0 Å². The van der Waals surface area contributed by atoms with Gasteiger partial charge in [0.1, 0.15) is 5.65 Å². The maximum absolute atomic E-state index is 12.5. The lowest BCUT2D eigenvalue weighted by atomic mass is 10.0. The van der Waals surface area contributed by atoms with Crippen LogP contribution in [-0.4, -0.2) is 30.9 Å². The zero-order valence-corrected chi connectivity index (χ0v) is 15.4. The minimum Gasteiger partial charge on any atom is -0.326 e. The molecule has 0 saturated carbocycles. The first-order chi connectivity index (χ1) is 12.9. The number of anilines is 1. The SMILES string of the molecule is Cc1nn(C)c2[nH]c(=O)c(CCC(=O)Nc3ccc4[nH]ncc4c3)c(C)c12. The van der Waals surface area contributed by atoms with Crippen LogP contribution in [0.1, 0.15) is 23.2 Å². The lowest BCUT2D eigenvalue weighted by Crippen LogP contribution is -2.19. The summed E-state index contributed by atoms with van der Waals surface area (Å²) in [6.07, 6.45) is 2.29. The third-order valence-electron chi connectivity index (χ3n) is 4.88. The molecule has 0 aliphatic rings. The third-order valence-corrected chi connectivity index (χ3v) is 4.88. The molecule has 0 atom stereocenters. The van der Waals surface area contributed by atoms with Crippen molar-refractivity contribution in [3.05, 3.63) is 51.6 Å². The number of benzene rings is 1. The van der Waals surface area contributed by atoms with Crippen molar-refractivity contribution in [3.63, 3.8) is 0 Å². The highest BCUT2D eigenvalue weighted by molar-refractivity contribution is 5.93. The molecule has 0 unspecified atom stereocenters. The molecule has 0 radical (unpaired) electrons. The van der Waals surface area contributed by atoms with E-state index in [1.54, 1.807) is 17.9 Å². The number of aromatic amines is 2. The van der Waals surface area contributed by atoms with Gasteiger partial charge in [-0.05, 0) is 44.0 Å². The number of carbonyl (C=O) groups is 1. The van der Waals surface area contributed by atoms with Gasteiger partial charge in [0.05, 0.1) is 17.4 Å². The number of nitrogens with zero attached hydrogens (tertiary/aromatic N) is 3. The summed E-state index contributed by atoms with van der Waals surface area (Å²) in [7, 11) is 1.80. The normalized spacial score (nSPS) is 11.4. The fraction of sp³-hybridized carbons (Fsp3) is 0.263. The molecule has 0 fully saturated rings. The van der Waals surface area contributed by atoms with Gasteiger partial charge in [-0.2, -0.15) is 10.2 Å². The fourth-order valence-electron chi connectivity index (χ4n) is 3.54. The number of rotatable bonds is 4. The summed E-state index contributed by atoms with van der Waals surface area (Å²) in [5.74, 6) is -0.139. The van der Waals surface area contributed by atoms with E-state index in [9.17, 15) is 9.59 Å². The van der Waals surface area contributed by atoms with Gasteiger partial charge in [-0.1, -0.05) is 0 Å². The minimum atomic E-state index is -0.171. The largest absolute Gasteiger partial charge is 0.326 e. The van der Waals surface area contributed by atoms with E-state index in [0.29, 0.717) is 23.3 Å². The Hall–Kier alpha value is -3.42. The summed E-state index contributed by atoms with van der Waals surface area (Å²) in [5.41, 5.74) is 4.52. The summed E-state index contributed by atoms with van der Waals surface area (Å²) in [5, 5.41) is 16.0. The zero-order valence-electron chi connectivity index (χ0n) is 15.4. The number of aromatic nitrogens is 5. The number of aryl methyl sites for hydroxylation is 3. The van der Waals surface area contributed by atoms with Crippen molar-refractivity contribution >= 4 is 33.5 Å². The molecular formula is C19H20N6O2. The quantitative estimate of drug-likeness (QED) is 0.516. The van der Waals surface area contributed by atoms with Crippen LogP contribution in [0.25, 0.3) is 21.9 Å². The van der Waals surface area contributed by atoms with Crippen molar-refractivity contribution in [2.24, 2.45) is 7.05 Å². The number of hydrogen-bond acceptors (Lipinski definition) is 4. The molecule has 0 spiro atoms. The van der Waals surface area contributed by atoms with Gasteiger partial charge in [0, 0.05) is 35.5 Å². The molecule has 0 aliphatic heterocycles. The van der Waals surface area contributed by atoms with E-state index in [0.717, 1.165) is 27.5 Å². The second kappa shape index (κ2) is 6.39. The lowest BCUT2D eigenvalue weighted by Gasteiger charge is -2.08. The van der Waals surface area contributed by atoms with Crippen LogP contribution in [0, 0.1) is 13.8 Å². The Bertz CT molecular complexity index is 1230. The summed E-state index contributed by atoms with van der Waals surface area (Å²) >= 11 is 0. The highest BCUT2D eigenvalue weighted by atomic mass is 16.1. The number of amides is 1. The number of fused-ring (bicyclic) bond motifs is 2. The number of carbonyl (C=O) groups excluding carboxylic acids is 1. The van der Waals surface area contributed by atoms with Crippen LogP contribution < -0.4 is 10.9 Å². The first kappa shape index (κ1) is 17.0. The Balaban J connectivity index is 1.53. The van der Waals surface area contributed by atoms with E-state index < -0.39 is 0 Å². The molecule has 138 valence electrons. The first-order valence-corrected chi connectivity index (χ1v) is 8.72. The van der Waals surface area contributed by atoms with Crippen LogP contribution in [0.5, 0.6) is 0 Å². The van der Waals surface area contributed by atoms with Crippen molar-refractivity contribution in [2.75, 3.05) is 5.32 Å². The van der Waals surface area contributed by atoms with Gasteiger partial charge >= 0.3 is 0 Å². The maximum atomic E-state index is 12.5. The van der Waals surface area contributed by atoms with Gasteiger partial charge in [0.2, 0.25) is 5.91 Å². The number of pyridine rings is 1. The van der Waals surface area contributed by atoms with Crippen molar-refractivity contribution in [1.29, 1.82) is 0 Å². The predicted octanol–water partition coefficient (Wildman–Crippen LogP) is 2.33. The van der Waals surface area contributed by atoms with Crippen molar-refractivity contribution in [2.45, 2.75) is 26.7 Å². The van der Waals surface area contributed by atoms with Crippen LogP contribution >= 0.6 is 0 Å². The second-order valence-corrected chi connectivity index (χ2v) is 6.71. The molecule has 3 aromatic heterocycles. The number of H-pyrrole nitrogens is 2. The Morgan fingerprint density at radius 3 is 2.93 bits per heavy atom. The molecule has 1 aromatic carbocycles. The van der Waals surface area contributed by atoms with Crippen molar-refractivity contribution in [1.82, 2.24) is 25.0 Å². The zero-order chi connectivity index (χ0) is 19.1. The smallest absolute Gasteiger partial charge is 0.253 e. The maximum Gasteiger partial charge on any atom is 0.253 e. The Morgan fingerprint density at radius 1 is 1.30 bits per heavy atom. The average molecular weight is 364 g/mol. The van der Waals surface area contributed by atoms with E-state index in [4.69, 9.17) is 0 Å². The highest BCUT2D eigenvalue weighted by Crippen LogP contribution is 2.21. The van der Waals surface area contributed by atoms with E-state index in [-0.39, 0.29) is 17.9 Å².